The Balaban J connectivity index is 2.04. The van der Waals surface area contributed by atoms with E-state index in [0.717, 1.165) is 6.42 Å². The molecule has 1 aromatic heterocycles. The Labute approximate surface area is 127 Å². The second-order valence-electron chi connectivity index (χ2n) is 4.25. The first-order valence-electron chi connectivity index (χ1n) is 6.36. The van der Waals surface area contributed by atoms with Crippen LogP contribution in [-0.2, 0) is 6.42 Å². The Bertz CT molecular complexity index is 659. The highest BCUT2D eigenvalue weighted by Crippen LogP contribution is 2.19. The van der Waals surface area contributed by atoms with Crippen LogP contribution in [0.4, 0.5) is 0 Å². The number of hydrogen-bond acceptors (Lipinski definition) is 6. The van der Waals surface area contributed by atoms with Crippen LogP contribution < -0.4 is 21.7 Å². The Morgan fingerprint density at radius 1 is 1.33 bits per heavy atom. The second-order valence-corrected chi connectivity index (χ2v) is 5.28. The molecule has 0 saturated carbocycles. The summed E-state index contributed by atoms with van der Waals surface area (Å²) < 4.78 is 5.71. The van der Waals surface area contributed by atoms with Gasteiger partial charge in [-0.2, -0.15) is 5.26 Å². The van der Waals surface area contributed by atoms with Gasteiger partial charge in [0.1, 0.15) is 11.8 Å². The van der Waals surface area contributed by atoms with E-state index in [9.17, 15) is 0 Å². The summed E-state index contributed by atoms with van der Waals surface area (Å²) in [6, 6.07) is 13.3. The highest BCUT2D eigenvalue weighted by atomic mass is 32.1. The molecule has 0 aliphatic carbocycles. The third-order valence-corrected chi connectivity index (χ3v) is 3.80. The maximum absolute atomic E-state index is 8.91. The number of nitrogens with zero attached hydrogens (tertiary/aromatic N) is 1. The molecule has 108 valence electrons. The van der Waals surface area contributed by atoms with E-state index >= 15 is 0 Å². The van der Waals surface area contributed by atoms with Gasteiger partial charge in [-0.15, -0.1) is 11.3 Å². The SMILES string of the molecule is N#C/C(NN)=C(/N)c1cccc(OCCc2cccs2)c1. The van der Waals surface area contributed by atoms with Crippen LogP contribution >= 0.6 is 11.3 Å². The number of hydrazine groups is 1. The van der Waals surface area contributed by atoms with Crippen LogP contribution in [0.15, 0.2) is 47.5 Å². The number of thiophene rings is 1. The lowest BCUT2D eigenvalue weighted by atomic mass is 10.1. The molecule has 0 bridgehead atoms. The number of allylic oxidation sites excluding steroid dienone is 1. The first-order chi connectivity index (χ1) is 10.2. The van der Waals surface area contributed by atoms with Crippen molar-refractivity contribution in [3.05, 3.63) is 57.9 Å². The summed E-state index contributed by atoms with van der Waals surface area (Å²) in [6.07, 6.45) is 0.862. The molecule has 0 radical (unpaired) electrons. The second kappa shape index (κ2) is 7.33. The van der Waals surface area contributed by atoms with E-state index in [1.54, 1.807) is 23.5 Å². The van der Waals surface area contributed by atoms with Crippen molar-refractivity contribution in [3.8, 4) is 11.8 Å². The molecule has 0 amide bonds. The minimum absolute atomic E-state index is 0.130. The molecular formula is C15H16N4OS. The molecule has 0 aliphatic heterocycles. The van der Waals surface area contributed by atoms with Crippen molar-refractivity contribution in [1.82, 2.24) is 5.43 Å². The summed E-state index contributed by atoms with van der Waals surface area (Å²) >= 11 is 1.71. The van der Waals surface area contributed by atoms with E-state index in [-0.39, 0.29) is 5.70 Å². The van der Waals surface area contributed by atoms with Gasteiger partial charge in [0.15, 0.2) is 5.70 Å². The van der Waals surface area contributed by atoms with Crippen molar-refractivity contribution in [2.75, 3.05) is 6.61 Å². The summed E-state index contributed by atoms with van der Waals surface area (Å²) in [6.45, 7) is 0.591. The quantitative estimate of drug-likeness (QED) is 0.430. The molecule has 0 spiro atoms. The molecule has 0 fully saturated rings. The van der Waals surface area contributed by atoms with Gasteiger partial charge in [0, 0.05) is 16.9 Å². The molecule has 5 nitrogen and oxygen atoms in total. The topological polar surface area (TPSA) is 97.1 Å². The molecule has 1 aromatic carbocycles. The smallest absolute Gasteiger partial charge is 0.151 e. The van der Waals surface area contributed by atoms with Crippen molar-refractivity contribution in [3.63, 3.8) is 0 Å². The fourth-order valence-electron chi connectivity index (χ4n) is 1.79. The highest BCUT2D eigenvalue weighted by Gasteiger charge is 2.05. The fourth-order valence-corrected chi connectivity index (χ4v) is 2.48. The van der Waals surface area contributed by atoms with E-state index in [1.807, 2.05) is 29.6 Å². The summed E-state index contributed by atoms with van der Waals surface area (Å²) in [5, 5.41) is 11.0. The molecule has 1 heterocycles. The van der Waals surface area contributed by atoms with Crippen LogP contribution in [-0.4, -0.2) is 6.61 Å². The molecule has 2 aromatic rings. The molecule has 2 rings (SSSR count). The standard InChI is InChI=1S/C15H16N4OS/c16-10-14(19-18)15(17)11-3-1-4-12(9-11)20-7-6-13-5-2-8-21-13/h1-5,8-9,19H,6-7,17-18H2/b15-14-. The Morgan fingerprint density at radius 3 is 2.86 bits per heavy atom. The van der Waals surface area contributed by atoms with E-state index in [0.29, 0.717) is 23.6 Å². The number of benzene rings is 1. The Hall–Kier alpha value is -2.49. The summed E-state index contributed by atoms with van der Waals surface area (Å²) in [4.78, 5) is 1.28. The van der Waals surface area contributed by atoms with E-state index in [1.165, 1.54) is 4.88 Å². The normalized spacial score (nSPS) is 11.4. The molecule has 0 saturated heterocycles. The lowest BCUT2D eigenvalue weighted by Crippen LogP contribution is -2.23. The fraction of sp³-hybridized carbons (Fsp3) is 0.133. The molecule has 6 heteroatoms. The third-order valence-electron chi connectivity index (χ3n) is 2.87. The summed E-state index contributed by atoms with van der Waals surface area (Å²) in [7, 11) is 0. The van der Waals surface area contributed by atoms with Gasteiger partial charge in [0.05, 0.1) is 12.3 Å². The zero-order valence-electron chi connectivity index (χ0n) is 11.4. The highest BCUT2D eigenvalue weighted by molar-refractivity contribution is 7.09. The number of nitrogens with one attached hydrogen (secondary N) is 1. The molecular weight excluding hydrogens is 284 g/mol. The molecule has 0 aliphatic rings. The molecule has 0 unspecified atom stereocenters. The Morgan fingerprint density at radius 2 is 2.19 bits per heavy atom. The minimum Gasteiger partial charge on any atom is -0.493 e. The monoisotopic (exact) mass is 300 g/mol. The maximum atomic E-state index is 8.91. The van der Waals surface area contributed by atoms with Crippen LogP contribution in [0.2, 0.25) is 0 Å². The van der Waals surface area contributed by atoms with Crippen LogP contribution in [0.25, 0.3) is 5.70 Å². The van der Waals surface area contributed by atoms with E-state index < -0.39 is 0 Å². The van der Waals surface area contributed by atoms with Crippen molar-refractivity contribution < 1.29 is 4.74 Å². The number of nitrogens with two attached hydrogens (primary N) is 2. The van der Waals surface area contributed by atoms with E-state index in [2.05, 4.69) is 11.5 Å². The van der Waals surface area contributed by atoms with Crippen LogP contribution in [0.3, 0.4) is 0 Å². The van der Waals surface area contributed by atoms with Crippen LogP contribution in [0, 0.1) is 11.3 Å². The van der Waals surface area contributed by atoms with Gasteiger partial charge in [-0.3, -0.25) is 0 Å². The predicted molar refractivity (Wildman–Crippen MR) is 84.0 cm³/mol. The lowest BCUT2D eigenvalue weighted by molar-refractivity contribution is 0.323. The predicted octanol–water partition coefficient (Wildman–Crippen LogP) is 1.98. The van der Waals surface area contributed by atoms with Crippen molar-refractivity contribution in [2.24, 2.45) is 11.6 Å². The zero-order valence-corrected chi connectivity index (χ0v) is 12.2. The number of ether oxygens (including phenoxy) is 1. The molecule has 5 N–H and O–H groups in total. The van der Waals surface area contributed by atoms with Crippen LogP contribution in [0.1, 0.15) is 10.4 Å². The zero-order chi connectivity index (χ0) is 15.1. The average Bonchev–Trinajstić information content (AvgIpc) is 3.02. The molecule has 21 heavy (non-hydrogen) atoms. The van der Waals surface area contributed by atoms with Gasteiger partial charge in [0.25, 0.3) is 0 Å². The van der Waals surface area contributed by atoms with Gasteiger partial charge in [-0.25, -0.2) is 5.84 Å². The van der Waals surface area contributed by atoms with Gasteiger partial charge in [-0.1, -0.05) is 18.2 Å². The first-order valence-corrected chi connectivity index (χ1v) is 7.24. The lowest BCUT2D eigenvalue weighted by Gasteiger charge is -2.09. The van der Waals surface area contributed by atoms with E-state index in [4.69, 9.17) is 21.6 Å². The third kappa shape index (κ3) is 3.99. The van der Waals surface area contributed by atoms with Crippen molar-refractivity contribution >= 4 is 17.0 Å². The number of rotatable bonds is 6. The maximum Gasteiger partial charge on any atom is 0.151 e. The Kier molecular flexibility index (Phi) is 5.21. The summed E-state index contributed by atoms with van der Waals surface area (Å²) in [5.74, 6) is 5.96. The molecule has 0 atom stereocenters. The average molecular weight is 300 g/mol. The largest absolute Gasteiger partial charge is 0.493 e. The minimum atomic E-state index is 0.130. The first kappa shape index (κ1) is 14.9. The van der Waals surface area contributed by atoms with Crippen molar-refractivity contribution in [1.29, 1.82) is 5.26 Å². The number of nitriles is 1. The van der Waals surface area contributed by atoms with Gasteiger partial charge in [0.2, 0.25) is 0 Å². The van der Waals surface area contributed by atoms with Gasteiger partial charge in [-0.05, 0) is 23.6 Å². The van der Waals surface area contributed by atoms with Crippen molar-refractivity contribution in [2.45, 2.75) is 6.42 Å². The summed E-state index contributed by atoms with van der Waals surface area (Å²) in [5.41, 5.74) is 9.30. The van der Waals surface area contributed by atoms with Gasteiger partial charge < -0.3 is 15.9 Å². The van der Waals surface area contributed by atoms with Crippen LogP contribution in [0.5, 0.6) is 5.75 Å². The number of hydrogen-bond donors (Lipinski definition) is 3. The van der Waals surface area contributed by atoms with Gasteiger partial charge >= 0.3 is 0 Å².